The second-order valence-electron chi connectivity index (χ2n) is 6.08. The number of rotatable bonds is 10. The van der Waals surface area contributed by atoms with Crippen LogP contribution in [0.15, 0.2) is 54.6 Å². The summed E-state index contributed by atoms with van der Waals surface area (Å²) in [4.78, 5) is 22.5. The maximum absolute atomic E-state index is 11.6. The molecule has 138 valence electrons. The van der Waals surface area contributed by atoms with E-state index < -0.39 is 0 Å². The van der Waals surface area contributed by atoms with Crippen molar-refractivity contribution < 1.29 is 19.1 Å². The van der Waals surface area contributed by atoms with Crippen molar-refractivity contribution in [2.75, 3.05) is 13.2 Å². The normalized spacial score (nSPS) is 10.2. The molecule has 0 saturated heterocycles. The first-order valence-electron chi connectivity index (χ1n) is 8.79. The van der Waals surface area contributed by atoms with Crippen LogP contribution >= 0.6 is 0 Å². The summed E-state index contributed by atoms with van der Waals surface area (Å²) < 4.78 is 10.5. The Hall–Kier alpha value is -2.82. The fourth-order valence-corrected chi connectivity index (χ4v) is 2.36. The zero-order valence-corrected chi connectivity index (χ0v) is 15.1. The van der Waals surface area contributed by atoms with Crippen LogP contribution < -0.4 is 10.1 Å². The molecule has 0 atom stereocenters. The number of aryl methyl sites for hydroxylation is 1. The van der Waals surface area contributed by atoms with Crippen molar-refractivity contribution in [3.05, 3.63) is 65.7 Å². The largest absolute Gasteiger partial charge is 0.486 e. The molecule has 0 aliphatic carbocycles. The molecule has 5 heteroatoms. The van der Waals surface area contributed by atoms with Crippen LogP contribution in [0.5, 0.6) is 5.75 Å². The first-order valence-corrected chi connectivity index (χ1v) is 8.79. The number of benzene rings is 2. The van der Waals surface area contributed by atoms with Crippen molar-refractivity contribution in [2.45, 2.75) is 32.8 Å². The Bertz CT molecular complexity index is 683. The van der Waals surface area contributed by atoms with Crippen LogP contribution in [0, 0.1) is 0 Å². The highest BCUT2D eigenvalue weighted by Gasteiger charge is 2.02. The van der Waals surface area contributed by atoms with Crippen LogP contribution in [0.25, 0.3) is 0 Å². The Labute approximate surface area is 154 Å². The second-order valence-corrected chi connectivity index (χ2v) is 6.08. The molecule has 0 aromatic heterocycles. The van der Waals surface area contributed by atoms with E-state index in [1.54, 1.807) is 0 Å². The molecule has 0 heterocycles. The monoisotopic (exact) mass is 355 g/mol. The highest BCUT2D eigenvalue weighted by Crippen LogP contribution is 2.13. The molecule has 0 spiro atoms. The van der Waals surface area contributed by atoms with Gasteiger partial charge in [0.15, 0.2) is 5.78 Å². The first kappa shape index (κ1) is 19.5. The Balaban J connectivity index is 1.55. The van der Waals surface area contributed by atoms with E-state index in [1.807, 2.05) is 54.6 Å². The Morgan fingerprint density at radius 3 is 2.35 bits per heavy atom. The molecule has 0 bridgehead atoms. The Kier molecular flexibility index (Phi) is 8.19. The summed E-state index contributed by atoms with van der Waals surface area (Å²) in [7, 11) is 0. The van der Waals surface area contributed by atoms with Gasteiger partial charge in [0.25, 0.3) is 0 Å². The van der Waals surface area contributed by atoms with Crippen LogP contribution in [-0.2, 0) is 22.6 Å². The first-order chi connectivity index (χ1) is 12.6. The van der Waals surface area contributed by atoms with E-state index in [1.165, 1.54) is 12.5 Å². The van der Waals surface area contributed by atoms with Gasteiger partial charge in [-0.15, -0.1) is 0 Å². The molecule has 1 amide bonds. The molecule has 2 aromatic carbocycles. The van der Waals surface area contributed by atoms with E-state index in [4.69, 9.17) is 9.47 Å². The summed E-state index contributed by atoms with van der Waals surface area (Å²) in [6, 6.07) is 17.3. The highest BCUT2D eigenvalue weighted by molar-refractivity contribution is 5.77. The number of amides is 1. The fourth-order valence-electron chi connectivity index (χ4n) is 2.36. The number of alkyl carbamates (subject to hydrolysis) is 1. The van der Waals surface area contributed by atoms with Gasteiger partial charge in [-0.05, 0) is 49.4 Å². The van der Waals surface area contributed by atoms with E-state index >= 15 is 0 Å². The SMILES string of the molecule is CC(=O)COc1ccc(CCCCNC(=O)OCc2ccccc2)cc1. The molecule has 1 N–H and O–H groups in total. The molecular weight excluding hydrogens is 330 g/mol. The van der Waals surface area contributed by atoms with Gasteiger partial charge in [0, 0.05) is 6.54 Å². The van der Waals surface area contributed by atoms with E-state index in [9.17, 15) is 9.59 Å². The van der Waals surface area contributed by atoms with Gasteiger partial charge < -0.3 is 14.8 Å². The van der Waals surface area contributed by atoms with Crippen molar-refractivity contribution in [3.63, 3.8) is 0 Å². The minimum Gasteiger partial charge on any atom is -0.486 e. The van der Waals surface area contributed by atoms with Gasteiger partial charge in [0.1, 0.15) is 19.0 Å². The van der Waals surface area contributed by atoms with Gasteiger partial charge in [-0.1, -0.05) is 42.5 Å². The third-order valence-corrected chi connectivity index (χ3v) is 3.74. The molecule has 0 unspecified atom stereocenters. The number of Topliss-reactive ketones (excluding diaryl/α,β-unsaturated/α-hetero) is 1. The third kappa shape index (κ3) is 7.83. The van der Waals surface area contributed by atoms with Crippen molar-refractivity contribution in [3.8, 4) is 5.75 Å². The molecule has 26 heavy (non-hydrogen) atoms. The molecule has 0 fully saturated rings. The minimum absolute atomic E-state index is 0.00358. The van der Waals surface area contributed by atoms with Crippen LogP contribution in [0.1, 0.15) is 30.9 Å². The highest BCUT2D eigenvalue weighted by atomic mass is 16.5. The average Bonchev–Trinajstić information content (AvgIpc) is 2.66. The van der Waals surface area contributed by atoms with Crippen LogP contribution in [-0.4, -0.2) is 25.0 Å². The summed E-state index contributed by atoms with van der Waals surface area (Å²) in [6.45, 7) is 2.48. The number of carbonyl (C=O) groups excluding carboxylic acids is 2. The lowest BCUT2D eigenvalue weighted by Gasteiger charge is -2.08. The second kappa shape index (κ2) is 10.9. The zero-order chi connectivity index (χ0) is 18.6. The molecule has 0 aliphatic heterocycles. The summed E-state index contributed by atoms with van der Waals surface area (Å²) in [5.74, 6) is 0.704. The van der Waals surface area contributed by atoms with Crippen molar-refractivity contribution >= 4 is 11.9 Å². The Morgan fingerprint density at radius 2 is 1.65 bits per heavy atom. The van der Waals surface area contributed by atoms with Gasteiger partial charge in [0.05, 0.1) is 0 Å². The van der Waals surface area contributed by atoms with Crippen LogP contribution in [0.4, 0.5) is 4.79 Å². The number of ketones is 1. The summed E-state index contributed by atoms with van der Waals surface area (Å²) in [5.41, 5.74) is 2.17. The van der Waals surface area contributed by atoms with Gasteiger partial charge in [-0.3, -0.25) is 4.79 Å². The average molecular weight is 355 g/mol. The maximum atomic E-state index is 11.6. The summed E-state index contributed by atoms with van der Waals surface area (Å²) in [6.07, 6.45) is 2.38. The topological polar surface area (TPSA) is 64.6 Å². The van der Waals surface area contributed by atoms with Crippen molar-refractivity contribution in [2.24, 2.45) is 0 Å². The predicted molar refractivity (Wildman–Crippen MR) is 100 cm³/mol. The molecule has 2 aromatic rings. The van der Waals surface area contributed by atoms with Crippen LogP contribution in [0.3, 0.4) is 0 Å². The van der Waals surface area contributed by atoms with Crippen LogP contribution in [0.2, 0.25) is 0 Å². The van der Waals surface area contributed by atoms with Gasteiger partial charge in [-0.2, -0.15) is 0 Å². The quantitative estimate of drug-likeness (QED) is 0.657. The van der Waals surface area contributed by atoms with Crippen molar-refractivity contribution in [1.82, 2.24) is 5.32 Å². The van der Waals surface area contributed by atoms with E-state index in [0.717, 1.165) is 24.8 Å². The fraction of sp³-hybridized carbons (Fsp3) is 0.333. The number of nitrogens with one attached hydrogen (secondary N) is 1. The van der Waals surface area contributed by atoms with Gasteiger partial charge >= 0.3 is 6.09 Å². The van der Waals surface area contributed by atoms with Gasteiger partial charge in [-0.25, -0.2) is 4.79 Å². The molecule has 5 nitrogen and oxygen atoms in total. The summed E-state index contributed by atoms with van der Waals surface area (Å²) >= 11 is 0. The van der Waals surface area contributed by atoms with Gasteiger partial charge in [0.2, 0.25) is 0 Å². The standard InChI is InChI=1S/C21H25NO4/c1-17(23)15-25-20-12-10-18(11-13-20)7-5-6-14-22-21(24)26-16-19-8-3-2-4-9-19/h2-4,8-13H,5-7,14-16H2,1H3,(H,22,24). The third-order valence-electron chi connectivity index (χ3n) is 3.74. The molecule has 2 rings (SSSR count). The number of hydrogen-bond donors (Lipinski definition) is 1. The summed E-state index contributed by atoms with van der Waals surface area (Å²) in [5, 5.41) is 2.76. The van der Waals surface area contributed by atoms with E-state index in [-0.39, 0.29) is 25.1 Å². The number of ether oxygens (including phenoxy) is 2. The molecule has 0 radical (unpaired) electrons. The number of unbranched alkanes of at least 4 members (excludes halogenated alkanes) is 1. The van der Waals surface area contributed by atoms with Crippen molar-refractivity contribution in [1.29, 1.82) is 0 Å². The lowest BCUT2D eigenvalue weighted by atomic mass is 10.1. The molecular formula is C21H25NO4. The number of hydrogen-bond acceptors (Lipinski definition) is 4. The lowest BCUT2D eigenvalue weighted by molar-refractivity contribution is -0.118. The minimum atomic E-state index is -0.388. The number of carbonyl (C=O) groups is 2. The maximum Gasteiger partial charge on any atom is 0.407 e. The smallest absolute Gasteiger partial charge is 0.407 e. The van der Waals surface area contributed by atoms with E-state index in [2.05, 4.69) is 5.32 Å². The predicted octanol–water partition coefficient (Wildman–Crippen LogP) is 3.90. The Morgan fingerprint density at radius 1 is 0.923 bits per heavy atom. The van der Waals surface area contributed by atoms with E-state index in [0.29, 0.717) is 12.3 Å². The molecule has 0 saturated carbocycles. The zero-order valence-electron chi connectivity index (χ0n) is 15.1. The lowest BCUT2D eigenvalue weighted by Crippen LogP contribution is -2.25. The molecule has 0 aliphatic rings.